The van der Waals surface area contributed by atoms with Crippen molar-refractivity contribution in [2.24, 2.45) is 0 Å². The molecule has 0 atom stereocenters. The molecule has 0 heterocycles. The summed E-state index contributed by atoms with van der Waals surface area (Å²) < 4.78 is 0. The molecule has 1 N–H and O–H groups in total. The molecule has 0 aromatic heterocycles. The number of carbonyl (C=O) groups excluding carboxylic acids is 2. The summed E-state index contributed by atoms with van der Waals surface area (Å²) in [5, 5.41) is 2.82. The van der Waals surface area contributed by atoms with E-state index in [1.54, 1.807) is 30.3 Å². The Morgan fingerprint density at radius 3 is 2.09 bits per heavy atom. The van der Waals surface area contributed by atoms with Crippen LogP contribution >= 0.6 is 0 Å². The number of anilines is 1. The summed E-state index contributed by atoms with van der Waals surface area (Å²) >= 11 is 0. The molecule has 0 aliphatic heterocycles. The van der Waals surface area contributed by atoms with Gasteiger partial charge < -0.3 is 5.32 Å². The zero-order chi connectivity index (χ0) is 16.1. The number of nitrogens with one attached hydrogen (secondary N) is 1. The molecule has 1 amide bonds. The smallest absolute Gasteiger partial charge is 0.255 e. The van der Waals surface area contributed by atoms with Gasteiger partial charge in [0.1, 0.15) is 0 Å². The van der Waals surface area contributed by atoms with E-state index >= 15 is 0 Å². The molecule has 0 unspecified atom stereocenters. The van der Waals surface area contributed by atoms with E-state index in [1.165, 1.54) is 0 Å². The van der Waals surface area contributed by atoms with Crippen LogP contribution in [0.1, 0.15) is 20.7 Å². The Bertz CT molecular complexity index is 827. The molecule has 0 saturated heterocycles. The molecule has 3 heteroatoms. The van der Waals surface area contributed by atoms with Crippen LogP contribution in [-0.2, 0) is 0 Å². The van der Waals surface area contributed by atoms with Crippen LogP contribution in [0, 0.1) is 0 Å². The molecule has 3 aromatic rings. The topological polar surface area (TPSA) is 46.2 Å². The van der Waals surface area contributed by atoms with Gasteiger partial charge in [-0.25, -0.2) is 0 Å². The number of benzene rings is 3. The number of aldehydes is 1. The molecular weight excluding hydrogens is 286 g/mol. The van der Waals surface area contributed by atoms with Gasteiger partial charge in [-0.15, -0.1) is 0 Å². The Hall–Kier alpha value is -3.20. The largest absolute Gasteiger partial charge is 0.321 e. The van der Waals surface area contributed by atoms with Gasteiger partial charge in [0.2, 0.25) is 0 Å². The van der Waals surface area contributed by atoms with Gasteiger partial charge in [0.25, 0.3) is 5.91 Å². The molecule has 0 radical (unpaired) electrons. The van der Waals surface area contributed by atoms with E-state index in [2.05, 4.69) is 5.32 Å². The van der Waals surface area contributed by atoms with Gasteiger partial charge in [-0.1, -0.05) is 60.7 Å². The van der Waals surface area contributed by atoms with Crippen LogP contribution in [0.2, 0.25) is 0 Å². The van der Waals surface area contributed by atoms with E-state index in [1.807, 2.05) is 48.5 Å². The standard InChI is InChI=1S/C20H15NO2/c22-14-18-17(15-8-3-1-4-9-15)12-7-13-19(18)21-20(23)16-10-5-2-6-11-16/h1-14H,(H,21,23). The van der Waals surface area contributed by atoms with Crippen molar-refractivity contribution in [2.45, 2.75) is 0 Å². The van der Waals surface area contributed by atoms with Crippen LogP contribution in [0.4, 0.5) is 5.69 Å². The number of rotatable bonds is 4. The summed E-state index contributed by atoms with van der Waals surface area (Å²) in [5.41, 5.74) is 3.27. The molecule has 0 spiro atoms. The summed E-state index contributed by atoms with van der Waals surface area (Å²) in [5.74, 6) is -0.237. The van der Waals surface area contributed by atoms with Gasteiger partial charge in [-0.2, -0.15) is 0 Å². The Balaban J connectivity index is 1.97. The first-order chi connectivity index (χ1) is 11.3. The quantitative estimate of drug-likeness (QED) is 0.725. The highest BCUT2D eigenvalue weighted by atomic mass is 16.1. The SMILES string of the molecule is O=Cc1c(NC(=O)c2ccccc2)cccc1-c1ccccc1. The molecule has 23 heavy (non-hydrogen) atoms. The zero-order valence-electron chi connectivity index (χ0n) is 12.4. The average molecular weight is 301 g/mol. The Morgan fingerprint density at radius 1 is 0.783 bits per heavy atom. The predicted molar refractivity (Wildman–Crippen MR) is 91.7 cm³/mol. The third-order valence-corrected chi connectivity index (χ3v) is 3.59. The Labute approximate surface area is 134 Å². The summed E-state index contributed by atoms with van der Waals surface area (Å²) in [6.07, 6.45) is 0.781. The van der Waals surface area contributed by atoms with Gasteiger partial charge >= 0.3 is 0 Å². The normalized spacial score (nSPS) is 10.1. The van der Waals surface area contributed by atoms with Crippen molar-refractivity contribution >= 4 is 17.9 Å². The van der Waals surface area contributed by atoms with Crippen LogP contribution < -0.4 is 5.32 Å². The van der Waals surface area contributed by atoms with Gasteiger partial charge in [0.05, 0.1) is 5.69 Å². The van der Waals surface area contributed by atoms with E-state index in [-0.39, 0.29) is 5.91 Å². The van der Waals surface area contributed by atoms with E-state index in [0.717, 1.165) is 17.4 Å². The van der Waals surface area contributed by atoms with Crippen LogP contribution in [0.3, 0.4) is 0 Å². The summed E-state index contributed by atoms with van der Waals surface area (Å²) in [6, 6.07) is 24.0. The lowest BCUT2D eigenvalue weighted by Crippen LogP contribution is -2.13. The van der Waals surface area contributed by atoms with Crippen LogP contribution in [0.25, 0.3) is 11.1 Å². The second-order valence-electron chi connectivity index (χ2n) is 5.07. The van der Waals surface area contributed by atoms with Crippen molar-refractivity contribution < 1.29 is 9.59 Å². The van der Waals surface area contributed by atoms with Crippen LogP contribution in [0.5, 0.6) is 0 Å². The first-order valence-electron chi connectivity index (χ1n) is 7.29. The fraction of sp³-hybridized carbons (Fsp3) is 0. The maximum Gasteiger partial charge on any atom is 0.255 e. The molecule has 0 aliphatic carbocycles. The van der Waals surface area contributed by atoms with Crippen molar-refractivity contribution in [2.75, 3.05) is 5.32 Å². The number of carbonyl (C=O) groups is 2. The number of hydrogen-bond donors (Lipinski definition) is 1. The summed E-state index contributed by atoms with van der Waals surface area (Å²) in [4.78, 5) is 23.9. The minimum atomic E-state index is -0.237. The second kappa shape index (κ2) is 6.71. The molecule has 0 bridgehead atoms. The van der Waals surface area contributed by atoms with Gasteiger partial charge in [0, 0.05) is 11.1 Å². The monoisotopic (exact) mass is 301 g/mol. The van der Waals surface area contributed by atoms with Gasteiger partial charge in [-0.3, -0.25) is 9.59 Å². The predicted octanol–water partition coefficient (Wildman–Crippen LogP) is 4.42. The maximum absolute atomic E-state index is 12.3. The highest BCUT2D eigenvalue weighted by molar-refractivity contribution is 6.07. The van der Waals surface area contributed by atoms with Crippen molar-refractivity contribution in [1.82, 2.24) is 0 Å². The lowest BCUT2D eigenvalue weighted by atomic mass is 9.99. The van der Waals surface area contributed by atoms with Gasteiger partial charge in [0.15, 0.2) is 6.29 Å². The van der Waals surface area contributed by atoms with E-state index < -0.39 is 0 Å². The third kappa shape index (κ3) is 3.19. The molecule has 3 nitrogen and oxygen atoms in total. The van der Waals surface area contributed by atoms with Crippen molar-refractivity contribution in [3.63, 3.8) is 0 Å². The minimum absolute atomic E-state index is 0.237. The van der Waals surface area contributed by atoms with Crippen molar-refractivity contribution in [1.29, 1.82) is 0 Å². The minimum Gasteiger partial charge on any atom is -0.321 e. The van der Waals surface area contributed by atoms with Crippen molar-refractivity contribution in [3.8, 4) is 11.1 Å². The second-order valence-corrected chi connectivity index (χ2v) is 5.07. The van der Waals surface area contributed by atoms with Crippen LogP contribution in [0.15, 0.2) is 78.9 Å². The van der Waals surface area contributed by atoms with Crippen molar-refractivity contribution in [3.05, 3.63) is 90.0 Å². The Kier molecular flexibility index (Phi) is 4.29. The summed E-state index contributed by atoms with van der Waals surface area (Å²) in [7, 11) is 0. The third-order valence-electron chi connectivity index (χ3n) is 3.59. The van der Waals surface area contributed by atoms with E-state index in [9.17, 15) is 9.59 Å². The van der Waals surface area contributed by atoms with E-state index in [0.29, 0.717) is 16.8 Å². The highest BCUT2D eigenvalue weighted by Gasteiger charge is 2.12. The average Bonchev–Trinajstić information content (AvgIpc) is 2.63. The van der Waals surface area contributed by atoms with Crippen LogP contribution in [-0.4, -0.2) is 12.2 Å². The highest BCUT2D eigenvalue weighted by Crippen LogP contribution is 2.28. The van der Waals surface area contributed by atoms with E-state index in [4.69, 9.17) is 0 Å². The molecule has 3 rings (SSSR count). The van der Waals surface area contributed by atoms with Gasteiger partial charge in [-0.05, 0) is 29.3 Å². The lowest BCUT2D eigenvalue weighted by Gasteiger charge is -2.12. The maximum atomic E-state index is 12.3. The lowest BCUT2D eigenvalue weighted by molar-refractivity contribution is 0.102. The number of amides is 1. The Morgan fingerprint density at radius 2 is 1.43 bits per heavy atom. The molecule has 0 fully saturated rings. The fourth-order valence-corrected chi connectivity index (χ4v) is 2.45. The first kappa shape index (κ1) is 14.7. The number of hydrogen-bond acceptors (Lipinski definition) is 2. The fourth-order valence-electron chi connectivity index (χ4n) is 2.45. The molecular formula is C20H15NO2. The molecule has 0 saturated carbocycles. The molecule has 0 aliphatic rings. The first-order valence-corrected chi connectivity index (χ1v) is 7.29. The molecule has 3 aromatic carbocycles. The molecule has 112 valence electrons. The summed E-state index contributed by atoms with van der Waals surface area (Å²) in [6.45, 7) is 0. The zero-order valence-corrected chi connectivity index (χ0v) is 12.4.